The van der Waals surface area contributed by atoms with Gasteiger partial charge in [-0.25, -0.2) is 8.42 Å². The topological polar surface area (TPSA) is 79.8 Å². The lowest BCUT2D eigenvalue weighted by Gasteiger charge is -2.12. The van der Waals surface area contributed by atoms with Gasteiger partial charge in [-0.05, 0) is 35.2 Å². The van der Waals surface area contributed by atoms with Gasteiger partial charge in [-0.1, -0.05) is 36.4 Å². The van der Waals surface area contributed by atoms with Gasteiger partial charge >= 0.3 is 0 Å². The van der Waals surface area contributed by atoms with E-state index in [1.807, 2.05) is 24.3 Å². The minimum atomic E-state index is -3.15. The maximum Gasteiger partial charge on any atom is 0.191 e. The summed E-state index contributed by atoms with van der Waals surface area (Å²) in [4.78, 5) is 4.57. The molecular weight excluding hydrogens is 489 g/mol. The van der Waals surface area contributed by atoms with Crippen LogP contribution in [0.1, 0.15) is 16.7 Å². The van der Waals surface area contributed by atoms with E-state index in [1.54, 1.807) is 26.3 Å². The van der Waals surface area contributed by atoms with Gasteiger partial charge in [0, 0.05) is 33.5 Å². The number of nitrogens with zero attached hydrogens (tertiary/aromatic N) is 1. The van der Waals surface area contributed by atoms with E-state index in [9.17, 15) is 8.42 Å². The summed E-state index contributed by atoms with van der Waals surface area (Å²) in [6, 6.07) is 15.2. The van der Waals surface area contributed by atoms with Gasteiger partial charge in [0.2, 0.25) is 0 Å². The van der Waals surface area contributed by atoms with Crippen LogP contribution >= 0.6 is 24.0 Å². The zero-order valence-corrected chi connectivity index (χ0v) is 19.6. The van der Waals surface area contributed by atoms with Crippen molar-refractivity contribution in [1.82, 2.24) is 10.6 Å². The average molecular weight is 517 g/mol. The highest BCUT2D eigenvalue weighted by atomic mass is 127. The fourth-order valence-corrected chi connectivity index (χ4v) is 3.26. The lowest BCUT2D eigenvalue weighted by Crippen LogP contribution is -2.37. The maximum atomic E-state index is 11.5. The first kappa shape index (κ1) is 24.4. The second-order valence-electron chi connectivity index (χ2n) is 6.27. The number of ether oxygens (including phenoxy) is 1. The van der Waals surface area contributed by atoms with E-state index in [0.717, 1.165) is 29.1 Å². The Bertz CT molecular complexity index is 869. The molecule has 0 amide bonds. The molecule has 0 aromatic heterocycles. The summed E-state index contributed by atoms with van der Waals surface area (Å²) in [6.45, 7) is 1.96. The molecule has 154 valence electrons. The molecule has 0 saturated carbocycles. The standard InChI is InChI=1S/C20H27N3O3S.HI/c1-21-20(23-14-17-5-4-6-18(13-17)15-26-2)22-12-11-16-7-9-19(10-8-16)27(3,24)25;/h4-10,13H,11-12,14-15H2,1-3H3,(H2,21,22,23);1H. The summed E-state index contributed by atoms with van der Waals surface area (Å²) in [5, 5.41) is 6.56. The number of aliphatic imine (C=N–C) groups is 1. The molecule has 0 radical (unpaired) electrons. The van der Waals surface area contributed by atoms with Crippen LogP contribution in [0.4, 0.5) is 0 Å². The Hall–Kier alpha value is -1.65. The first-order chi connectivity index (χ1) is 12.9. The van der Waals surface area contributed by atoms with E-state index in [2.05, 4.69) is 27.8 Å². The van der Waals surface area contributed by atoms with Crippen LogP contribution in [0.3, 0.4) is 0 Å². The maximum absolute atomic E-state index is 11.5. The van der Waals surface area contributed by atoms with Crippen molar-refractivity contribution in [3.8, 4) is 0 Å². The van der Waals surface area contributed by atoms with E-state index in [-0.39, 0.29) is 24.0 Å². The molecule has 8 heteroatoms. The minimum absolute atomic E-state index is 0. The molecule has 2 N–H and O–H groups in total. The van der Waals surface area contributed by atoms with Gasteiger partial charge < -0.3 is 15.4 Å². The van der Waals surface area contributed by atoms with Crippen LogP contribution in [0.15, 0.2) is 58.4 Å². The summed E-state index contributed by atoms with van der Waals surface area (Å²) in [5.74, 6) is 0.722. The second kappa shape index (κ2) is 12.0. The molecule has 0 spiro atoms. The highest BCUT2D eigenvalue weighted by Gasteiger charge is 2.06. The zero-order chi connectivity index (χ0) is 19.7. The van der Waals surface area contributed by atoms with Crippen LogP contribution in [0.25, 0.3) is 0 Å². The van der Waals surface area contributed by atoms with Crippen molar-refractivity contribution in [3.05, 3.63) is 65.2 Å². The molecule has 0 aliphatic carbocycles. The number of sulfone groups is 1. The van der Waals surface area contributed by atoms with Crippen molar-refractivity contribution in [2.75, 3.05) is 27.0 Å². The fourth-order valence-electron chi connectivity index (χ4n) is 2.63. The SMILES string of the molecule is CN=C(NCCc1ccc(S(C)(=O)=O)cc1)NCc1cccc(COC)c1.I. The first-order valence-electron chi connectivity index (χ1n) is 8.72. The average Bonchev–Trinajstić information content (AvgIpc) is 2.65. The molecule has 2 aromatic carbocycles. The number of halogens is 1. The smallest absolute Gasteiger partial charge is 0.191 e. The summed E-state index contributed by atoms with van der Waals surface area (Å²) < 4.78 is 28.1. The summed E-state index contributed by atoms with van der Waals surface area (Å²) in [7, 11) is 0.269. The minimum Gasteiger partial charge on any atom is -0.380 e. The van der Waals surface area contributed by atoms with Gasteiger partial charge in [0.1, 0.15) is 0 Å². The molecule has 0 heterocycles. The van der Waals surface area contributed by atoms with Gasteiger partial charge in [-0.2, -0.15) is 0 Å². The van der Waals surface area contributed by atoms with E-state index >= 15 is 0 Å². The Morgan fingerprint density at radius 1 is 1.04 bits per heavy atom. The Balaban J connectivity index is 0.00000392. The molecule has 2 aromatic rings. The Kier molecular flexibility index (Phi) is 10.5. The Morgan fingerprint density at radius 3 is 2.32 bits per heavy atom. The molecule has 0 unspecified atom stereocenters. The number of methoxy groups -OCH3 is 1. The van der Waals surface area contributed by atoms with Gasteiger partial charge in [-0.15, -0.1) is 24.0 Å². The lowest BCUT2D eigenvalue weighted by atomic mass is 10.1. The zero-order valence-electron chi connectivity index (χ0n) is 16.4. The molecule has 0 fully saturated rings. The van der Waals surface area contributed by atoms with Gasteiger partial charge in [0.25, 0.3) is 0 Å². The molecule has 0 aliphatic rings. The lowest BCUT2D eigenvalue weighted by molar-refractivity contribution is 0.185. The van der Waals surface area contributed by atoms with Crippen molar-refractivity contribution in [3.63, 3.8) is 0 Å². The number of hydrogen-bond acceptors (Lipinski definition) is 4. The van der Waals surface area contributed by atoms with Crippen LogP contribution in [0, 0.1) is 0 Å². The highest BCUT2D eigenvalue weighted by Crippen LogP contribution is 2.10. The van der Waals surface area contributed by atoms with Crippen molar-refractivity contribution in [1.29, 1.82) is 0 Å². The largest absolute Gasteiger partial charge is 0.380 e. The summed E-state index contributed by atoms with van der Waals surface area (Å²) >= 11 is 0. The van der Waals surface area contributed by atoms with Crippen molar-refractivity contribution in [2.45, 2.75) is 24.5 Å². The number of benzene rings is 2. The third-order valence-electron chi connectivity index (χ3n) is 4.04. The van der Waals surface area contributed by atoms with E-state index in [4.69, 9.17) is 4.74 Å². The molecule has 28 heavy (non-hydrogen) atoms. The summed E-state index contributed by atoms with van der Waals surface area (Å²) in [5.41, 5.74) is 3.36. The van der Waals surface area contributed by atoms with E-state index in [1.165, 1.54) is 6.26 Å². The third kappa shape index (κ3) is 8.15. The molecule has 0 aliphatic heterocycles. The van der Waals surface area contributed by atoms with Crippen LogP contribution in [-0.2, 0) is 34.1 Å². The third-order valence-corrected chi connectivity index (χ3v) is 5.17. The Morgan fingerprint density at radius 2 is 1.71 bits per heavy atom. The Labute approximate surface area is 184 Å². The molecule has 2 rings (SSSR count). The highest BCUT2D eigenvalue weighted by molar-refractivity contribution is 14.0. The molecule has 6 nitrogen and oxygen atoms in total. The fraction of sp³-hybridized carbons (Fsp3) is 0.350. The number of rotatable bonds is 8. The monoisotopic (exact) mass is 517 g/mol. The van der Waals surface area contributed by atoms with Gasteiger partial charge in [0.05, 0.1) is 11.5 Å². The van der Waals surface area contributed by atoms with Crippen LogP contribution in [0.2, 0.25) is 0 Å². The quantitative estimate of drug-likeness (QED) is 0.320. The first-order valence-corrected chi connectivity index (χ1v) is 10.6. The predicted molar refractivity (Wildman–Crippen MR) is 124 cm³/mol. The normalized spacial score (nSPS) is 11.6. The number of guanidine groups is 1. The molecular formula is C20H28IN3O3S. The van der Waals surface area contributed by atoms with E-state index in [0.29, 0.717) is 24.6 Å². The summed E-state index contributed by atoms with van der Waals surface area (Å²) in [6.07, 6.45) is 1.98. The molecule has 0 bridgehead atoms. The number of hydrogen-bond donors (Lipinski definition) is 2. The number of nitrogens with one attached hydrogen (secondary N) is 2. The van der Waals surface area contributed by atoms with Crippen molar-refractivity contribution >= 4 is 39.8 Å². The van der Waals surface area contributed by atoms with E-state index < -0.39 is 9.84 Å². The van der Waals surface area contributed by atoms with Crippen LogP contribution in [0.5, 0.6) is 0 Å². The van der Waals surface area contributed by atoms with Crippen molar-refractivity contribution in [2.24, 2.45) is 4.99 Å². The van der Waals surface area contributed by atoms with Crippen LogP contribution < -0.4 is 10.6 Å². The second-order valence-corrected chi connectivity index (χ2v) is 8.29. The van der Waals surface area contributed by atoms with Gasteiger partial charge in [-0.3, -0.25) is 4.99 Å². The van der Waals surface area contributed by atoms with Crippen molar-refractivity contribution < 1.29 is 13.2 Å². The van der Waals surface area contributed by atoms with Gasteiger partial charge in [0.15, 0.2) is 15.8 Å². The van der Waals surface area contributed by atoms with Crippen LogP contribution in [-0.4, -0.2) is 41.3 Å². The molecule has 0 atom stereocenters. The predicted octanol–water partition coefficient (Wildman–Crippen LogP) is 2.76. The molecule has 0 saturated heterocycles.